The topological polar surface area (TPSA) is 145 Å². The number of nitrogens with one attached hydrogen (secondary N) is 2. The molecule has 11 nitrogen and oxygen atoms in total. The fourth-order valence-corrected chi connectivity index (χ4v) is 5.96. The van der Waals surface area contributed by atoms with Gasteiger partial charge in [0.2, 0.25) is 0 Å². The number of sulfonamides is 1. The highest BCUT2D eigenvalue weighted by Crippen LogP contribution is 2.39. The van der Waals surface area contributed by atoms with Crippen LogP contribution in [0.15, 0.2) is 41.3 Å². The Morgan fingerprint density at radius 2 is 1.89 bits per heavy atom. The molecule has 0 aliphatic carbocycles. The Bertz CT molecular complexity index is 1410. The highest BCUT2D eigenvalue weighted by atomic mass is 35.5. The molecular formula is C19H19ClF4N4O7S2. The summed E-state index contributed by atoms with van der Waals surface area (Å²) in [7, 11) is -8.41. The van der Waals surface area contributed by atoms with E-state index < -0.39 is 74.0 Å². The summed E-state index contributed by atoms with van der Waals surface area (Å²) < 4.78 is 111. The number of carbonyl (C=O) groups is 1. The average Bonchev–Trinajstić information content (AvgIpc) is 2.77. The van der Waals surface area contributed by atoms with E-state index in [0.717, 1.165) is 28.6 Å². The van der Waals surface area contributed by atoms with Crippen LogP contribution in [-0.2, 0) is 20.2 Å². The van der Waals surface area contributed by atoms with Crippen LogP contribution in [0.2, 0.25) is 5.02 Å². The largest absolute Gasteiger partial charge is 0.485 e. The van der Waals surface area contributed by atoms with Crippen LogP contribution in [0.4, 0.5) is 33.7 Å². The molecule has 2 aromatic rings. The number of fused-ring (bicyclic) bond motifs is 1. The van der Waals surface area contributed by atoms with E-state index in [4.69, 9.17) is 21.4 Å². The van der Waals surface area contributed by atoms with Gasteiger partial charge in [-0.15, -0.1) is 0 Å². The van der Waals surface area contributed by atoms with Gasteiger partial charge in [0.05, 0.1) is 28.7 Å². The Hall–Kier alpha value is -2.86. The Morgan fingerprint density at radius 1 is 1.22 bits per heavy atom. The summed E-state index contributed by atoms with van der Waals surface area (Å²) in [4.78, 5) is 10.6. The fraction of sp³-hybridized carbons (Fsp3) is 0.316. The lowest BCUT2D eigenvalue weighted by Gasteiger charge is -2.36. The lowest BCUT2D eigenvalue weighted by Crippen LogP contribution is -2.51. The third-order valence-corrected chi connectivity index (χ3v) is 8.47. The zero-order valence-corrected chi connectivity index (χ0v) is 21.0. The first-order chi connectivity index (χ1) is 17.0. The van der Waals surface area contributed by atoms with Crippen LogP contribution in [-0.4, -0.2) is 71.3 Å². The van der Waals surface area contributed by atoms with Gasteiger partial charge in [0.1, 0.15) is 24.2 Å². The molecule has 2 aromatic carbocycles. The molecule has 0 spiro atoms. The third-order valence-electron chi connectivity index (χ3n) is 4.93. The second-order valence-electron chi connectivity index (χ2n) is 7.69. The SMILES string of the molecule is CN(CC(F)(F)F)S(=O)(=O)NCC1CN(S(=O)(=O)c2ccc(F)c(Cl)c2)c2cc(NC(=O)O)ccc2O1. The van der Waals surface area contributed by atoms with Gasteiger partial charge >= 0.3 is 12.3 Å². The van der Waals surface area contributed by atoms with Crippen molar-refractivity contribution in [3.63, 3.8) is 0 Å². The van der Waals surface area contributed by atoms with Crippen LogP contribution in [0.5, 0.6) is 5.75 Å². The van der Waals surface area contributed by atoms with E-state index in [2.05, 4.69) is 5.32 Å². The zero-order valence-electron chi connectivity index (χ0n) is 18.7. The van der Waals surface area contributed by atoms with Crippen LogP contribution in [0.25, 0.3) is 0 Å². The maximum atomic E-state index is 13.6. The monoisotopic (exact) mass is 590 g/mol. The second kappa shape index (κ2) is 10.5. The molecule has 1 aliphatic rings. The number of nitrogens with zero attached hydrogens (tertiary/aromatic N) is 2. The van der Waals surface area contributed by atoms with Crippen molar-refractivity contribution in [1.29, 1.82) is 0 Å². The molecule has 0 bridgehead atoms. The standard InChI is InChI=1S/C19H19ClF4N4O7S2/c1-27(10-19(22,23)24)37(33,34)25-8-12-9-28(36(31,32)13-3-4-15(21)14(20)7-13)16-6-11(26-18(29)30)2-5-17(16)35-12/h2-7,12,25-26H,8-10H2,1H3,(H,29,30). The van der Waals surface area contributed by atoms with Crippen molar-refractivity contribution in [2.75, 3.05) is 36.3 Å². The van der Waals surface area contributed by atoms with Crippen LogP contribution >= 0.6 is 11.6 Å². The van der Waals surface area contributed by atoms with Crippen molar-refractivity contribution in [2.24, 2.45) is 0 Å². The number of hydrogen-bond donors (Lipinski definition) is 3. The van der Waals surface area contributed by atoms with Gasteiger partial charge in [-0.2, -0.15) is 30.6 Å². The molecular weight excluding hydrogens is 572 g/mol. The highest BCUT2D eigenvalue weighted by molar-refractivity contribution is 7.92. The highest BCUT2D eigenvalue weighted by Gasteiger charge is 2.37. The first-order valence-corrected chi connectivity index (χ1v) is 13.3. The molecule has 37 heavy (non-hydrogen) atoms. The number of hydrogen-bond acceptors (Lipinski definition) is 6. The number of halogens is 5. The molecule has 3 rings (SSSR count). The third kappa shape index (κ3) is 6.92. The summed E-state index contributed by atoms with van der Waals surface area (Å²) in [6.45, 7) is -2.94. The van der Waals surface area contributed by atoms with Gasteiger partial charge in [-0.05, 0) is 36.4 Å². The van der Waals surface area contributed by atoms with Gasteiger partial charge in [-0.1, -0.05) is 11.6 Å². The minimum absolute atomic E-state index is 0.0277. The van der Waals surface area contributed by atoms with Crippen molar-refractivity contribution in [1.82, 2.24) is 9.03 Å². The first-order valence-electron chi connectivity index (χ1n) is 10.1. The van der Waals surface area contributed by atoms with Crippen LogP contribution in [0.3, 0.4) is 0 Å². The number of carboxylic acid groups (broad SMARTS) is 1. The van der Waals surface area contributed by atoms with Crippen molar-refractivity contribution in [2.45, 2.75) is 17.2 Å². The average molecular weight is 591 g/mol. The second-order valence-corrected chi connectivity index (χ2v) is 11.8. The van der Waals surface area contributed by atoms with E-state index in [1.165, 1.54) is 12.1 Å². The minimum atomic E-state index is -4.80. The van der Waals surface area contributed by atoms with Crippen LogP contribution < -0.4 is 19.1 Å². The molecule has 1 heterocycles. The molecule has 1 amide bonds. The lowest BCUT2D eigenvalue weighted by molar-refractivity contribution is -0.134. The van der Waals surface area contributed by atoms with Crippen molar-refractivity contribution < 1.29 is 49.0 Å². The lowest BCUT2D eigenvalue weighted by atomic mass is 10.2. The van der Waals surface area contributed by atoms with Gasteiger partial charge < -0.3 is 9.84 Å². The van der Waals surface area contributed by atoms with Gasteiger partial charge in [-0.25, -0.2) is 17.6 Å². The maximum absolute atomic E-state index is 13.6. The zero-order chi connectivity index (χ0) is 27.8. The van der Waals surface area contributed by atoms with E-state index in [9.17, 15) is 39.2 Å². The Morgan fingerprint density at radius 3 is 2.49 bits per heavy atom. The van der Waals surface area contributed by atoms with Crippen molar-refractivity contribution in [3.05, 3.63) is 47.2 Å². The predicted octanol–water partition coefficient (Wildman–Crippen LogP) is 2.85. The van der Waals surface area contributed by atoms with Gasteiger partial charge in [-0.3, -0.25) is 9.62 Å². The van der Waals surface area contributed by atoms with E-state index in [1.54, 1.807) is 0 Å². The minimum Gasteiger partial charge on any atom is -0.485 e. The number of ether oxygens (including phenoxy) is 1. The molecule has 1 unspecified atom stereocenters. The summed E-state index contributed by atoms with van der Waals surface area (Å²) >= 11 is 5.73. The number of rotatable bonds is 8. The van der Waals surface area contributed by atoms with E-state index in [0.29, 0.717) is 7.05 Å². The quantitative estimate of drug-likeness (QED) is 0.401. The summed E-state index contributed by atoms with van der Waals surface area (Å²) in [6, 6.07) is 6.22. The van der Waals surface area contributed by atoms with E-state index in [1.807, 2.05) is 4.72 Å². The molecule has 0 saturated carbocycles. The molecule has 204 valence electrons. The normalized spacial score (nSPS) is 16.3. The van der Waals surface area contributed by atoms with Crippen molar-refractivity contribution >= 4 is 49.3 Å². The van der Waals surface area contributed by atoms with E-state index >= 15 is 0 Å². The smallest absolute Gasteiger partial charge is 0.409 e. The number of alkyl halides is 3. The van der Waals surface area contributed by atoms with Crippen LogP contribution in [0.1, 0.15) is 0 Å². The van der Waals surface area contributed by atoms with Gasteiger partial charge in [0, 0.05) is 12.7 Å². The Kier molecular flexibility index (Phi) is 8.13. The molecule has 0 aromatic heterocycles. The number of anilines is 2. The Balaban J connectivity index is 1.95. The first kappa shape index (κ1) is 28.7. The van der Waals surface area contributed by atoms with Gasteiger partial charge in [0.25, 0.3) is 20.2 Å². The summed E-state index contributed by atoms with van der Waals surface area (Å²) in [5.74, 6) is -0.988. The molecule has 3 N–H and O–H groups in total. The van der Waals surface area contributed by atoms with E-state index in [-0.39, 0.29) is 21.4 Å². The molecule has 18 heteroatoms. The van der Waals surface area contributed by atoms with Crippen molar-refractivity contribution in [3.8, 4) is 5.75 Å². The molecule has 0 radical (unpaired) electrons. The maximum Gasteiger partial charge on any atom is 0.409 e. The molecule has 1 atom stereocenters. The number of benzene rings is 2. The number of amides is 1. The summed E-state index contributed by atoms with van der Waals surface area (Å²) in [6.07, 6.45) is -7.47. The Labute approximate surface area is 213 Å². The van der Waals surface area contributed by atoms with Crippen LogP contribution in [0, 0.1) is 5.82 Å². The summed E-state index contributed by atoms with van der Waals surface area (Å²) in [5.41, 5.74) is -0.167. The molecule has 0 fully saturated rings. The molecule has 1 aliphatic heterocycles. The predicted molar refractivity (Wildman–Crippen MR) is 124 cm³/mol. The fourth-order valence-electron chi connectivity index (χ4n) is 3.26. The summed E-state index contributed by atoms with van der Waals surface area (Å²) in [5, 5.41) is 10.5. The molecule has 0 saturated heterocycles. The van der Waals surface area contributed by atoms with Gasteiger partial charge in [0.15, 0.2) is 0 Å².